The van der Waals surface area contributed by atoms with Gasteiger partial charge in [-0.25, -0.2) is 0 Å². The molecule has 0 aromatic heterocycles. The standard InChI is InChI=1S/C31H41N3O7/c1-5-7-13-24(36)40-19-22(21-11-9-8-10-12-21)32-28(37)25-23-14-15-31(41-23)26(25)29(38)34(17-18-35)27(31)30(39)33(16-6-2)20(3)4/h5-6,8-12,20,22-23,25-27,35H,1-2,7,13-19H2,3-4H3,(H,32,37)/t22-,23-,25+,26+,27-,31+/m0/s1. The fourth-order valence-electron chi connectivity index (χ4n) is 6.58. The van der Waals surface area contributed by atoms with Gasteiger partial charge in [0.25, 0.3) is 0 Å². The van der Waals surface area contributed by atoms with Crippen molar-refractivity contribution in [3.63, 3.8) is 0 Å². The van der Waals surface area contributed by atoms with Gasteiger partial charge in [0.2, 0.25) is 17.7 Å². The topological polar surface area (TPSA) is 125 Å². The molecule has 3 heterocycles. The second kappa shape index (κ2) is 13.0. The van der Waals surface area contributed by atoms with E-state index in [4.69, 9.17) is 9.47 Å². The van der Waals surface area contributed by atoms with Crippen LogP contribution >= 0.6 is 0 Å². The quantitative estimate of drug-likeness (QED) is 0.261. The zero-order chi connectivity index (χ0) is 29.7. The molecule has 1 aromatic rings. The number of amides is 3. The molecule has 222 valence electrons. The molecule has 6 atom stereocenters. The van der Waals surface area contributed by atoms with Crippen LogP contribution in [0.15, 0.2) is 55.6 Å². The monoisotopic (exact) mass is 567 g/mol. The minimum Gasteiger partial charge on any atom is -0.463 e. The van der Waals surface area contributed by atoms with E-state index < -0.39 is 47.5 Å². The Morgan fingerprint density at radius 3 is 2.61 bits per heavy atom. The molecule has 10 nitrogen and oxygen atoms in total. The van der Waals surface area contributed by atoms with Crippen molar-refractivity contribution in [2.45, 2.75) is 69.4 Å². The van der Waals surface area contributed by atoms with Crippen molar-refractivity contribution in [1.82, 2.24) is 15.1 Å². The molecule has 3 fully saturated rings. The van der Waals surface area contributed by atoms with Gasteiger partial charge in [0.1, 0.15) is 18.2 Å². The minimum atomic E-state index is -1.16. The van der Waals surface area contributed by atoms with Crippen LogP contribution in [0.2, 0.25) is 0 Å². The first kappa shape index (κ1) is 30.5. The Kier molecular flexibility index (Phi) is 9.65. The molecule has 0 saturated carbocycles. The summed E-state index contributed by atoms with van der Waals surface area (Å²) >= 11 is 0. The molecule has 2 N–H and O–H groups in total. The first-order valence-electron chi connectivity index (χ1n) is 14.3. The van der Waals surface area contributed by atoms with Crippen molar-refractivity contribution in [2.24, 2.45) is 11.8 Å². The molecular formula is C31H41N3O7. The predicted molar refractivity (Wildman–Crippen MR) is 151 cm³/mol. The van der Waals surface area contributed by atoms with Gasteiger partial charge in [-0.2, -0.15) is 0 Å². The number of rotatable bonds is 14. The Bertz CT molecular complexity index is 1160. The highest BCUT2D eigenvalue weighted by molar-refractivity contribution is 5.99. The van der Waals surface area contributed by atoms with Crippen molar-refractivity contribution in [3.8, 4) is 0 Å². The first-order chi connectivity index (χ1) is 19.7. The number of fused-ring (bicyclic) bond motifs is 1. The minimum absolute atomic E-state index is 0.0385. The summed E-state index contributed by atoms with van der Waals surface area (Å²) in [4.78, 5) is 57.0. The van der Waals surface area contributed by atoms with Crippen LogP contribution in [0.25, 0.3) is 0 Å². The second-order valence-electron chi connectivity index (χ2n) is 11.2. The Balaban J connectivity index is 1.61. The van der Waals surface area contributed by atoms with Crippen molar-refractivity contribution >= 4 is 23.7 Å². The number of likely N-dealkylation sites (tertiary alicyclic amines) is 1. The molecule has 3 aliphatic rings. The lowest BCUT2D eigenvalue weighted by Crippen LogP contribution is -2.57. The number of β-amino-alcohol motifs (C(OH)–C–C–N with tert-alkyl or cyclic N) is 1. The highest BCUT2D eigenvalue weighted by Gasteiger charge is 2.74. The van der Waals surface area contributed by atoms with Gasteiger partial charge in [-0.3, -0.25) is 19.2 Å². The normalized spacial score (nSPS) is 26.9. The molecule has 0 unspecified atom stereocenters. The molecule has 1 aromatic carbocycles. The third-order valence-corrected chi connectivity index (χ3v) is 8.39. The van der Waals surface area contributed by atoms with E-state index in [1.165, 1.54) is 4.90 Å². The van der Waals surface area contributed by atoms with Gasteiger partial charge in [0.05, 0.1) is 30.6 Å². The van der Waals surface area contributed by atoms with Crippen LogP contribution < -0.4 is 5.32 Å². The number of carbonyl (C=O) groups is 4. The number of carbonyl (C=O) groups excluding carboxylic acids is 4. The van der Waals surface area contributed by atoms with Crippen molar-refractivity contribution in [3.05, 3.63) is 61.2 Å². The van der Waals surface area contributed by atoms with Crippen molar-refractivity contribution in [1.29, 1.82) is 0 Å². The lowest BCUT2D eigenvalue weighted by molar-refractivity contribution is -0.149. The van der Waals surface area contributed by atoms with Gasteiger partial charge in [0.15, 0.2) is 0 Å². The van der Waals surface area contributed by atoms with E-state index in [2.05, 4.69) is 18.5 Å². The van der Waals surface area contributed by atoms with Crippen molar-refractivity contribution < 1.29 is 33.8 Å². The van der Waals surface area contributed by atoms with E-state index in [0.717, 1.165) is 5.56 Å². The molecule has 41 heavy (non-hydrogen) atoms. The summed E-state index contributed by atoms with van der Waals surface area (Å²) in [5, 5.41) is 12.8. The van der Waals surface area contributed by atoms with Gasteiger partial charge in [0, 0.05) is 25.6 Å². The maximum Gasteiger partial charge on any atom is 0.306 e. The SMILES string of the molecule is C=CCCC(=O)OC[C@H](NC(=O)[C@@H]1[C@@H]2CC[C@]3(O2)[C@H](C(=O)N(CC=C)C(C)C)N(CCO)C(=O)[C@@H]13)c1ccccc1. The van der Waals surface area contributed by atoms with E-state index in [0.29, 0.717) is 25.8 Å². The van der Waals surface area contributed by atoms with Crippen LogP contribution in [0.3, 0.4) is 0 Å². The average molecular weight is 568 g/mol. The molecular weight excluding hydrogens is 526 g/mol. The fourth-order valence-corrected chi connectivity index (χ4v) is 6.58. The van der Waals surface area contributed by atoms with E-state index in [1.54, 1.807) is 17.1 Å². The summed E-state index contributed by atoms with van der Waals surface area (Å²) in [6.45, 7) is 11.0. The lowest BCUT2D eigenvalue weighted by Gasteiger charge is -2.38. The van der Waals surface area contributed by atoms with Crippen molar-refractivity contribution in [2.75, 3.05) is 26.3 Å². The highest BCUT2D eigenvalue weighted by Crippen LogP contribution is 2.58. The lowest BCUT2D eigenvalue weighted by atomic mass is 9.70. The van der Waals surface area contributed by atoms with Gasteiger partial charge in [-0.05, 0) is 38.7 Å². The predicted octanol–water partition coefficient (Wildman–Crippen LogP) is 2.14. The van der Waals surface area contributed by atoms with E-state index in [9.17, 15) is 24.3 Å². The van der Waals surface area contributed by atoms with E-state index in [-0.39, 0.29) is 44.0 Å². The maximum atomic E-state index is 14.0. The number of esters is 1. The van der Waals surface area contributed by atoms with Gasteiger partial charge in [-0.1, -0.05) is 42.5 Å². The Labute approximate surface area is 241 Å². The second-order valence-corrected chi connectivity index (χ2v) is 11.2. The third kappa shape index (κ3) is 5.81. The summed E-state index contributed by atoms with van der Waals surface area (Å²) in [5.74, 6) is -3.14. The summed E-state index contributed by atoms with van der Waals surface area (Å²) in [6.07, 6.45) is 4.39. The molecule has 2 bridgehead atoms. The number of hydrogen-bond donors (Lipinski definition) is 2. The van der Waals surface area contributed by atoms with E-state index >= 15 is 0 Å². The average Bonchev–Trinajstić information content (AvgIpc) is 3.60. The molecule has 4 rings (SSSR count). The zero-order valence-corrected chi connectivity index (χ0v) is 23.9. The molecule has 1 spiro atoms. The van der Waals surface area contributed by atoms with Gasteiger partial charge >= 0.3 is 5.97 Å². The largest absolute Gasteiger partial charge is 0.463 e. The molecule has 0 radical (unpaired) electrons. The molecule has 10 heteroatoms. The molecule has 3 amide bonds. The van der Waals surface area contributed by atoms with Gasteiger partial charge in [-0.15, -0.1) is 13.2 Å². The smallest absolute Gasteiger partial charge is 0.306 e. The Hall–Kier alpha value is -3.50. The number of aliphatic hydroxyl groups excluding tert-OH is 1. The summed E-state index contributed by atoms with van der Waals surface area (Å²) in [5.41, 5.74) is -0.412. The van der Waals surface area contributed by atoms with Gasteiger partial charge < -0.3 is 29.7 Å². The summed E-state index contributed by atoms with van der Waals surface area (Å²) in [6, 6.07) is 7.43. The number of ether oxygens (including phenoxy) is 2. The number of aliphatic hydroxyl groups is 1. The number of nitrogens with one attached hydrogen (secondary N) is 1. The Morgan fingerprint density at radius 1 is 1.24 bits per heavy atom. The van der Waals surface area contributed by atoms with Crippen LogP contribution in [0.4, 0.5) is 0 Å². The van der Waals surface area contributed by atoms with Crippen LogP contribution in [0.5, 0.6) is 0 Å². The van der Waals surface area contributed by atoms with Crippen LogP contribution in [-0.4, -0.2) is 88.7 Å². The molecule has 3 aliphatic heterocycles. The third-order valence-electron chi connectivity index (χ3n) is 8.39. The fraction of sp³-hybridized carbons (Fsp3) is 0.548. The van der Waals surface area contributed by atoms with E-state index in [1.807, 2.05) is 44.2 Å². The molecule has 0 aliphatic carbocycles. The van der Waals surface area contributed by atoms with Crippen LogP contribution in [0, 0.1) is 11.8 Å². The Morgan fingerprint density at radius 2 is 1.98 bits per heavy atom. The number of hydrogen-bond acceptors (Lipinski definition) is 7. The molecule has 3 saturated heterocycles. The number of benzene rings is 1. The summed E-state index contributed by atoms with van der Waals surface area (Å²) < 4.78 is 11.9. The van der Waals surface area contributed by atoms with Crippen LogP contribution in [-0.2, 0) is 28.7 Å². The maximum absolute atomic E-state index is 14.0. The van der Waals surface area contributed by atoms with Crippen LogP contribution in [0.1, 0.15) is 51.1 Å². The summed E-state index contributed by atoms with van der Waals surface area (Å²) in [7, 11) is 0. The number of allylic oxidation sites excluding steroid dienone is 1. The first-order valence-corrected chi connectivity index (χ1v) is 14.3. The zero-order valence-electron chi connectivity index (χ0n) is 23.9. The highest BCUT2D eigenvalue weighted by atomic mass is 16.5. The number of nitrogens with zero attached hydrogens (tertiary/aromatic N) is 2.